The van der Waals surface area contributed by atoms with Crippen molar-refractivity contribution in [2.75, 3.05) is 6.54 Å². The average Bonchev–Trinajstić information content (AvgIpc) is 2.78. The Balaban J connectivity index is 1.57. The Kier molecular flexibility index (Phi) is 3.00. The van der Waals surface area contributed by atoms with E-state index in [1.54, 1.807) is 12.0 Å². The maximum atomic E-state index is 3.88. The van der Waals surface area contributed by atoms with Gasteiger partial charge in [0, 0.05) is 10.9 Å². The zero-order valence-electron chi connectivity index (χ0n) is 12.1. The Bertz CT molecular complexity index is 450. The Labute approximate surface area is 120 Å². The lowest BCUT2D eigenvalue weighted by atomic mass is 9.93. The molecule has 1 N–H and O–H groups in total. The monoisotopic (exact) mass is 275 g/mol. The molecule has 2 bridgehead atoms. The summed E-state index contributed by atoms with van der Waals surface area (Å²) in [6.07, 6.45) is 5.88. The minimum absolute atomic E-state index is 0.657. The Morgan fingerprint density at radius 3 is 2.63 bits per heavy atom. The van der Waals surface area contributed by atoms with E-state index < -0.39 is 0 Å². The first-order valence-electron chi connectivity index (χ1n) is 8.08. The molecule has 0 amide bonds. The molecule has 1 aromatic heterocycles. The quantitative estimate of drug-likeness (QED) is 0.840. The van der Waals surface area contributed by atoms with E-state index in [-0.39, 0.29) is 0 Å². The second-order valence-electron chi connectivity index (χ2n) is 6.93. The first-order chi connectivity index (χ1) is 9.31. The van der Waals surface area contributed by atoms with Gasteiger partial charge >= 0.3 is 0 Å². The normalized spacial score (nSPS) is 40.4. The van der Waals surface area contributed by atoms with Gasteiger partial charge in [-0.1, -0.05) is 6.92 Å². The van der Waals surface area contributed by atoms with E-state index in [2.05, 4.69) is 30.6 Å². The lowest BCUT2D eigenvalue weighted by Gasteiger charge is -2.22. The highest BCUT2D eigenvalue weighted by Gasteiger charge is 2.66. The van der Waals surface area contributed by atoms with Crippen molar-refractivity contribution in [1.29, 1.82) is 0 Å². The largest absolute Gasteiger partial charge is 0.310 e. The molecule has 1 aromatic rings. The van der Waals surface area contributed by atoms with Crippen LogP contribution in [0.15, 0.2) is 11.4 Å². The number of hydrogen-bond acceptors (Lipinski definition) is 2. The predicted octanol–water partition coefficient (Wildman–Crippen LogP) is 4.39. The van der Waals surface area contributed by atoms with Gasteiger partial charge in [-0.05, 0) is 85.8 Å². The molecule has 0 saturated heterocycles. The topological polar surface area (TPSA) is 12.0 Å². The molecule has 0 aliphatic heterocycles. The van der Waals surface area contributed by atoms with Crippen LogP contribution in [0.5, 0.6) is 0 Å². The standard InChI is InChI=1S/C17H25NS/c1-3-7-18-17(13-6-8-19-10(13)2)16-14-11-4-5-12(9-11)15(14)16/h6,8,11-12,14-18H,3-5,7,9H2,1-2H3. The van der Waals surface area contributed by atoms with Gasteiger partial charge in [0.25, 0.3) is 0 Å². The summed E-state index contributed by atoms with van der Waals surface area (Å²) in [7, 11) is 0. The van der Waals surface area contributed by atoms with E-state index >= 15 is 0 Å². The van der Waals surface area contributed by atoms with E-state index in [4.69, 9.17) is 0 Å². The van der Waals surface area contributed by atoms with Crippen molar-refractivity contribution in [3.63, 3.8) is 0 Å². The van der Waals surface area contributed by atoms with Crippen LogP contribution in [0.3, 0.4) is 0 Å². The van der Waals surface area contributed by atoms with Crippen LogP contribution in [0.1, 0.15) is 49.1 Å². The van der Waals surface area contributed by atoms with Gasteiger partial charge in [0.15, 0.2) is 0 Å². The van der Waals surface area contributed by atoms with E-state index in [1.807, 2.05) is 11.3 Å². The van der Waals surface area contributed by atoms with Crippen molar-refractivity contribution < 1.29 is 0 Å². The maximum absolute atomic E-state index is 3.88. The van der Waals surface area contributed by atoms with E-state index in [0.29, 0.717) is 6.04 Å². The molecular formula is C17H25NS. The van der Waals surface area contributed by atoms with Crippen molar-refractivity contribution in [1.82, 2.24) is 5.32 Å². The highest BCUT2D eigenvalue weighted by Crippen LogP contribution is 2.72. The number of rotatable bonds is 5. The number of hydrogen-bond donors (Lipinski definition) is 1. The van der Waals surface area contributed by atoms with Gasteiger partial charge in [0.1, 0.15) is 0 Å². The van der Waals surface area contributed by atoms with Crippen molar-refractivity contribution in [3.8, 4) is 0 Å². The highest BCUT2D eigenvalue weighted by atomic mass is 32.1. The molecule has 3 fully saturated rings. The number of thiophene rings is 1. The van der Waals surface area contributed by atoms with Crippen molar-refractivity contribution in [2.24, 2.45) is 29.6 Å². The van der Waals surface area contributed by atoms with E-state index in [9.17, 15) is 0 Å². The Morgan fingerprint density at radius 2 is 2.05 bits per heavy atom. The second kappa shape index (κ2) is 4.60. The molecule has 3 aliphatic carbocycles. The Hall–Kier alpha value is -0.340. The van der Waals surface area contributed by atoms with Crippen LogP contribution in [0.4, 0.5) is 0 Å². The molecular weight excluding hydrogens is 250 g/mol. The number of nitrogens with one attached hydrogen (secondary N) is 1. The molecule has 3 saturated carbocycles. The van der Waals surface area contributed by atoms with Gasteiger partial charge in [-0.3, -0.25) is 0 Å². The first kappa shape index (κ1) is 12.4. The molecule has 5 unspecified atom stereocenters. The van der Waals surface area contributed by atoms with Crippen LogP contribution in [-0.2, 0) is 0 Å². The highest BCUT2D eigenvalue weighted by molar-refractivity contribution is 7.10. The molecule has 0 aromatic carbocycles. The fraction of sp³-hybridized carbons (Fsp3) is 0.765. The van der Waals surface area contributed by atoms with Crippen LogP contribution in [0.25, 0.3) is 0 Å². The van der Waals surface area contributed by atoms with Gasteiger partial charge in [0.2, 0.25) is 0 Å². The van der Waals surface area contributed by atoms with Gasteiger partial charge < -0.3 is 5.32 Å². The zero-order chi connectivity index (χ0) is 13.0. The molecule has 4 rings (SSSR count). The van der Waals surface area contributed by atoms with Crippen molar-refractivity contribution >= 4 is 11.3 Å². The summed E-state index contributed by atoms with van der Waals surface area (Å²) in [6, 6.07) is 3.04. The fourth-order valence-corrected chi connectivity index (χ4v) is 6.06. The third-order valence-corrected chi connectivity index (χ3v) is 6.89. The van der Waals surface area contributed by atoms with Gasteiger partial charge in [-0.15, -0.1) is 11.3 Å². The van der Waals surface area contributed by atoms with Crippen LogP contribution in [-0.4, -0.2) is 6.54 Å². The maximum Gasteiger partial charge on any atom is 0.0365 e. The van der Waals surface area contributed by atoms with Gasteiger partial charge in [-0.25, -0.2) is 0 Å². The van der Waals surface area contributed by atoms with Crippen LogP contribution >= 0.6 is 11.3 Å². The van der Waals surface area contributed by atoms with Gasteiger partial charge in [0.05, 0.1) is 0 Å². The smallest absolute Gasteiger partial charge is 0.0365 e. The summed E-state index contributed by atoms with van der Waals surface area (Å²) in [6.45, 7) is 5.75. The Morgan fingerprint density at radius 1 is 1.32 bits per heavy atom. The summed E-state index contributed by atoms with van der Waals surface area (Å²) in [5.41, 5.74) is 1.61. The predicted molar refractivity (Wildman–Crippen MR) is 81.4 cm³/mol. The fourth-order valence-electron chi connectivity index (χ4n) is 5.31. The molecule has 5 atom stereocenters. The van der Waals surface area contributed by atoms with Crippen molar-refractivity contribution in [2.45, 2.75) is 45.6 Å². The molecule has 1 nitrogen and oxygen atoms in total. The van der Waals surface area contributed by atoms with Crippen LogP contribution < -0.4 is 5.32 Å². The lowest BCUT2D eigenvalue weighted by Crippen LogP contribution is -2.26. The minimum Gasteiger partial charge on any atom is -0.310 e. The number of aryl methyl sites for hydroxylation is 1. The van der Waals surface area contributed by atoms with Gasteiger partial charge in [-0.2, -0.15) is 0 Å². The summed E-state index contributed by atoms with van der Waals surface area (Å²) in [5.74, 6) is 5.29. The minimum atomic E-state index is 0.657. The molecule has 104 valence electrons. The number of fused-ring (bicyclic) bond motifs is 5. The summed E-state index contributed by atoms with van der Waals surface area (Å²) >= 11 is 1.92. The molecule has 19 heavy (non-hydrogen) atoms. The van der Waals surface area contributed by atoms with Crippen molar-refractivity contribution in [3.05, 3.63) is 21.9 Å². The zero-order valence-corrected chi connectivity index (χ0v) is 12.9. The summed E-state index contributed by atoms with van der Waals surface area (Å²) in [5, 5.41) is 6.15. The third-order valence-electron chi connectivity index (χ3n) is 6.03. The molecule has 2 heteroatoms. The van der Waals surface area contributed by atoms with E-state index in [1.165, 1.54) is 30.7 Å². The summed E-state index contributed by atoms with van der Waals surface area (Å²) < 4.78 is 0. The lowest BCUT2D eigenvalue weighted by molar-refractivity contribution is 0.370. The van der Waals surface area contributed by atoms with E-state index in [0.717, 1.165) is 29.6 Å². The average molecular weight is 275 g/mol. The molecule has 0 spiro atoms. The summed E-state index contributed by atoms with van der Waals surface area (Å²) in [4.78, 5) is 1.53. The SMILES string of the molecule is CCCNC(c1ccsc1C)C1C2C3CCC(C3)C21. The molecule has 0 radical (unpaired) electrons. The first-order valence-corrected chi connectivity index (χ1v) is 8.96. The molecule has 3 aliphatic rings. The second-order valence-corrected chi connectivity index (χ2v) is 8.05. The third kappa shape index (κ3) is 1.83. The van der Waals surface area contributed by atoms with Crippen LogP contribution in [0, 0.1) is 36.5 Å². The molecule has 1 heterocycles. The van der Waals surface area contributed by atoms with Crippen LogP contribution in [0.2, 0.25) is 0 Å².